The number of likely N-dealkylation sites (tertiary alicyclic amines) is 1. The maximum atomic E-state index is 12.0. The molecule has 0 spiro atoms. The average Bonchev–Trinajstić information content (AvgIpc) is 2.78. The molecule has 0 aliphatic carbocycles. The molecule has 1 unspecified atom stereocenters. The number of nitrogens with zero attached hydrogens (tertiary/aromatic N) is 1. The molecule has 1 aliphatic rings. The van der Waals surface area contributed by atoms with Crippen LogP contribution in [0.4, 0.5) is 0 Å². The fourth-order valence-corrected chi connectivity index (χ4v) is 2.39. The van der Waals surface area contributed by atoms with Crippen molar-refractivity contribution in [1.82, 2.24) is 15.5 Å². The molecule has 0 aromatic heterocycles. The minimum absolute atomic E-state index is 0.00932. The van der Waals surface area contributed by atoms with Crippen LogP contribution in [0.3, 0.4) is 0 Å². The Balaban J connectivity index is 2.30. The summed E-state index contributed by atoms with van der Waals surface area (Å²) in [6.07, 6.45) is 2.35. The Bertz CT molecular complexity index is 292. The minimum atomic E-state index is -0.0146. The van der Waals surface area contributed by atoms with E-state index >= 15 is 0 Å². The molecule has 2 amide bonds. The summed E-state index contributed by atoms with van der Waals surface area (Å²) in [5.41, 5.74) is 0. The van der Waals surface area contributed by atoms with Crippen molar-refractivity contribution in [2.45, 2.75) is 52.1 Å². The first-order valence-electron chi connectivity index (χ1n) is 6.86. The van der Waals surface area contributed by atoms with Crippen molar-refractivity contribution in [3.8, 4) is 0 Å². The molecule has 104 valence electrons. The Hall–Kier alpha value is -1.10. The fourth-order valence-electron chi connectivity index (χ4n) is 2.39. The molecule has 0 aromatic carbocycles. The molecule has 0 aromatic rings. The summed E-state index contributed by atoms with van der Waals surface area (Å²) in [6, 6.07) is 0.380. The summed E-state index contributed by atoms with van der Waals surface area (Å²) in [7, 11) is 0. The van der Waals surface area contributed by atoms with Crippen LogP contribution in [0.5, 0.6) is 0 Å². The highest BCUT2D eigenvalue weighted by Crippen LogP contribution is 2.19. The van der Waals surface area contributed by atoms with Gasteiger partial charge < -0.3 is 10.6 Å². The van der Waals surface area contributed by atoms with Crippen LogP contribution in [0.2, 0.25) is 0 Å². The van der Waals surface area contributed by atoms with Gasteiger partial charge in [-0.05, 0) is 40.2 Å². The molecule has 1 aliphatic heterocycles. The Kier molecular flexibility index (Phi) is 6.12. The molecule has 1 heterocycles. The molecule has 0 saturated carbocycles. The second-order valence-electron chi connectivity index (χ2n) is 4.98. The van der Waals surface area contributed by atoms with Crippen molar-refractivity contribution in [2.75, 3.05) is 19.6 Å². The summed E-state index contributed by atoms with van der Waals surface area (Å²) in [5.74, 6) is 0.0513. The molecule has 1 rings (SSSR count). The van der Waals surface area contributed by atoms with Gasteiger partial charge in [0.15, 0.2) is 0 Å². The average molecular weight is 263 g/mol. The molecule has 0 bridgehead atoms. The molecule has 0 radical (unpaired) electrons. The summed E-state index contributed by atoms with van der Waals surface area (Å²) in [4.78, 5) is 25.5. The third-order valence-corrected chi connectivity index (χ3v) is 3.29. The van der Waals surface area contributed by atoms with E-state index in [2.05, 4.69) is 29.4 Å². The van der Waals surface area contributed by atoms with Gasteiger partial charge in [0.25, 0.3) is 0 Å². The summed E-state index contributed by atoms with van der Waals surface area (Å²) >= 11 is 0. The van der Waals surface area contributed by atoms with E-state index in [1.807, 2.05) is 6.92 Å². The largest absolute Gasteiger partial charge is 0.356 e. The van der Waals surface area contributed by atoms with E-state index in [0.29, 0.717) is 25.6 Å². The highest BCUT2D eigenvalue weighted by molar-refractivity contribution is 5.83. The zero-order chi connectivity index (χ0) is 13.5. The zero-order valence-corrected chi connectivity index (χ0v) is 11.7. The third kappa shape index (κ3) is 4.29. The Labute approximate surface area is 109 Å². The fraction of sp³-hybridized carbons (Fsp3) is 0.846. The normalized spacial score (nSPS) is 20.1. The monoisotopic (exact) mass is 263 g/mol. The van der Waals surface area contributed by atoms with Gasteiger partial charge in [0, 0.05) is 25.6 Å². The number of amides is 2. The molecule has 2 N–H and O–H groups in total. The van der Waals surface area contributed by atoms with Crippen molar-refractivity contribution >= 4 is 11.8 Å². The van der Waals surface area contributed by atoms with Crippen molar-refractivity contribution < 1.29 is 9.59 Å². The van der Waals surface area contributed by atoms with E-state index in [9.17, 15) is 9.59 Å². The number of nitrogens with one attached hydrogen (secondary N) is 2. The molecule has 5 heteroatoms. The van der Waals surface area contributed by atoms with Crippen LogP contribution < -0.4 is 10.6 Å². The quantitative estimate of drug-likeness (QED) is 0.542. The molecule has 1 atom stereocenters. The Morgan fingerprint density at radius 1 is 1.33 bits per heavy atom. The molecule has 18 heavy (non-hydrogen) atoms. The van der Waals surface area contributed by atoms with Crippen LogP contribution in [0, 0.1) is 0 Å². The van der Waals surface area contributed by atoms with Gasteiger partial charge in [-0.1, -0.05) is 0 Å². The van der Waals surface area contributed by atoms with Crippen molar-refractivity contribution in [3.05, 3.63) is 0 Å². The summed E-state index contributed by atoms with van der Waals surface area (Å²) < 4.78 is 0. The van der Waals surface area contributed by atoms with Gasteiger partial charge in [-0.3, -0.25) is 14.5 Å². The lowest BCUT2D eigenvalue weighted by Crippen LogP contribution is -2.46. The Morgan fingerprint density at radius 3 is 2.67 bits per heavy atom. The maximum Gasteiger partial charge on any atom is 0.237 e. The van der Waals surface area contributed by atoms with Crippen molar-refractivity contribution in [2.24, 2.45) is 0 Å². The molecule has 5 nitrogen and oxygen atoms in total. The first-order chi connectivity index (χ1) is 8.56. The second kappa shape index (κ2) is 7.36. The third-order valence-electron chi connectivity index (χ3n) is 3.29. The highest BCUT2D eigenvalue weighted by Gasteiger charge is 2.31. The van der Waals surface area contributed by atoms with Gasteiger partial charge in [-0.15, -0.1) is 0 Å². The lowest BCUT2D eigenvalue weighted by atomic mass is 10.3. The summed E-state index contributed by atoms with van der Waals surface area (Å²) in [6.45, 7) is 8.16. The van der Waals surface area contributed by atoms with Crippen molar-refractivity contribution in [1.29, 1.82) is 0 Å². The van der Waals surface area contributed by atoms with Gasteiger partial charge in [0.05, 0.1) is 6.04 Å². The Morgan fingerprint density at radius 2 is 2.06 bits per heavy atom. The van der Waals surface area contributed by atoms with Crippen LogP contribution >= 0.6 is 0 Å². The van der Waals surface area contributed by atoms with Gasteiger partial charge in [-0.2, -0.15) is 0 Å². The molecule has 1 saturated heterocycles. The molecule has 1 fully saturated rings. The lowest BCUT2D eigenvalue weighted by molar-refractivity contribution is -0.126. The van der Waals surface area contributed by atoms with E-state index in [1.165, 1.54) is 0 Å². The summed E-state index contributed by atoms with van der Waals surface area (Å²) in [5, 5.41) is 5.57. The number of carbonyl (C=O) groups is 2. The van der Waals surface area contributed by atoms with Crippen molar-refractivity contribution in [3.63, 3.8) is 0 Å². The van der Waals surface area contributed by atoms with Crippen LogP contribution in [0.15, 0.2) is 0 Å². The van der Waals surface area contributed by atoms with Crippen LogP contribution in [0.25, 0.3) is 0 Å². The van der Waals surface area contributed by atoms with Gasteiger partial charge in [0.2, 0.25) is 11.8 Å². The van der Waals surface area contributed by atoms with Crippen LogP contribution in [-0.4, -0.2) is 48.4 Å². The van der Waals surface area contributed by atoms with E-state index in [-0.39, 0.29) is 17.9 Å². The topological polar surface area (TPSA) is 61.4 Å². The van der Waals surface area contributed by atoms with Crippen LogP contribution in [-0.2, 0) is 9.59 Å². The van der Waals surface area contributed by atoms with E-state index in [0.717, 1.165) is 19.4 Å². The predicted molar refractivity (Wildman–Crippen MR) is 71.2 cm³/mol. The highest BCUT2D eigenvalue weighted by atomic mass is 16.3. The van der Waals surface area contributed by atoms with Crippen LogP contribution in [0.1, 0.15) is 40.0 Å². The van der Waals surface area contributed by atoms with Gasteiger partial charge >= 0.3 is 0 Å². The SMILES string of the molecule is CC(C)N1CCCC1[13C](=O)[15NH][13CH2][13CH2][13C](=O)[15NH][13CH2][13CH3]. The minimum Gasteiger partial charge on any atom is -0.356 e. The standard InChI is InChI=1S/C13H25N3O2/c1-4-14-12(17)7-8-15-13(18)11-6-5-9-16(11)10(2)3/h10-11H,4-9H2,1-3H3,(H,14,17)(H,15,18)/i1+1,4+1,7+1,8+1,12+1,13+1,14+1,15+1. The zero-order valence-electron chi connectivity index (χ0n) is 11.7. The molecular weight excluding hydrogens is 238 g/mol. The smallest absolute Gasteiger partial charge is 0.237 e. The maximum absolute atomic E-state index is 12.0. The van der Waals surface area contributed by atoms with E-state index in [4.69, 9.17) is 0 Å². The lowest BCUT2D eigenvalue weighted by Gasteiger charge is -2.27. The molecular formula is C13H25N3O2. The van der Waals surface area contributed by atoms with E-state index in [1.54, 1.807) is 0 Å². The first-order valence-corrected chi connectivity index (χ1v) is 6.86. The number of carbonyl (C=O) groups excluding carboxylic acids is 2. The first kappa shape index (κ1) is 15.0. The number of hydrogen-bond donors (Lipinski definition) is 2. The van der Waals surface area contributed by atoms with E-state index < -0.39 is 0 Å². The predicted octanol–water partition coefficient (Wildman–Crippen LogP) is 0.502. The number of rotatable bonds is 6. The second-order valence-corrected chi connectivity index (χ2v) is 4.98. The number of hydrogen-bond acceptors (Lipinski definition) is 3. The van der Waals surface area contributed by atoms with Gasteiger partial charge in [-0.25, -0.2) is 0 Å². The van der Waals surface area contributed by atoms with Gasteiger partial charge in [0.1, 0.15) is 0 Å².